The molecule has 132 valence electrons. The van der Waals surface area contributed by atoms with Crippen LogP contribution >= 0.6 is 0 Å². The Kier molecular flexibility index (Phi) is 10.2. The molecule has 1 N–H and O–H groups in total. The van der Waals surface area contributed by atoms with E-state index < -0.39 is 4.92 Å². The van der Waals surface area contributed by atoms with Crippen LogP contribution in [0.2, 0.25) is 0 Å². The molecule has 0 saturated carbocycles. The van der Waals surface area contributed by atoms with Crippen molar-refractivity contribution < 1.29 is 9.72 Å². The summed E-state index contributed by atoms with van der Waals surface area (Å²) in [5.41, 5.74) is 0.439. The Hall–Kier alpha value is -2.17. The number of benzene rings is 1. The van der Waals surface area contributed by atoms with E-state index in [1.165, 1.54) is 56.7 Å². The van der Waals surface area contributed by atoms with Crippen LogP contribution in [0.5, 0.6) is 0 Å². The third-order valence-corrected chi connectivity index (χ3v) is 3.88. The Morgan fingerprint density at radius 2 is 1.71 bits per heavy atom. The van der Waals surface area contributed by atoms with Gasteiger partial charge in [-0.25, -0.2) is 0 Å². The number of carbonyl (C=O) groups excluding carboxylic acids is 1. The number of nitrogens with zero attached hydrogens (tertiary/aromatic N) is 1. The molecule has 0 heterocycles. The van der Waals surface area contributed by atoms with Crippen molar-refractivity contribution >= 4 is 17.7 Å². The van der Waals surface area contributed by atoms with Crippen LogP contribution in [0.25, 0.3) is 6.08 Å². The van der Waals surface area contributed by atoms with Crippen molar-refractivity contribution in [1.29, 1.82) is 0 Å². The predicted molar refractivity (Wildman–Crippen MR) is 97.8 cm³/mol. The minimum Gasteiger partial charge on any atom is -0.353 e. The SMILES string of the molecule is CCCCCCCCCCNC(=O)/C=C/c1ccccc1[N+](=O)[O-]. The summed E-state index contributed by atoms with van der Waals surface area (Å²) in [6.45, 7) is 2.86. The van der Waals surface area contributed by atoms with Gasteiger partial charge in [-0.05, 0) is 18.6 Å². The molecule has 1 aromatic rings. The van der Waals surface area contributed by atoms with E-state index in [1.54, 1.807) is 18.2 Å². The molecule has 0 aliphatic carbocycles. The molecule has 0 aromatic heterocycles. The van der Waals surface area contributed by atoms with Crippen LogP contribution in [-0.4, -0.2) is 17.4 Å². The van der Waals surface area contributed by atoms with Gasteiger partial charge in [0.2, 0.25) is 5.91 Å². The summed E-state index contributed by atoms with van der Waals surface area (Å²) in [7, 11) is 0. The van der Waals surface area contributed by atoms with Crippen molar-refractivity contribution in [3.8, 4) is 0 Å². The van der Waals surface area contributed by atoms with E-state index >= 15 is 0 Å². The fourth-order valence-electron chi connectivity index (χ4n) is 2.49. The molecule has 0 aliphatic heterocycles. The smallest absolute Gasteiger partial charge is 0.276 e. The van der Waals surface area contributed by atoms with E-state index in [-0.39, 0.29) is 11.6 Å². The Balaban J connectivity index is 2.19. The topological polar surface area (TPSA) is 72.2 Å². The van der Waals surface area contributed by atoms with Gasteiger partial charge in [0.1, 0.15) is 0 Å². The highest BCUT2D eigenvalue weighted by molar-refractivity contribution is 5.92. The zero-order chi connectivity index (χ0) is 17.6. The monoisotopic (exact) mass is 332 g/mol. The molecule has 1 aromatic carbocycles. The first kappa shape index (κ1) is 19.9. The summed E-state index contributed by atoms with van der Waals surface area (Å²) in [5, 5.41) is 13.7. The van der Waals surface area contributed by atoms with Crippen molar-refractivity contribution in [2.45, 2.75) is 58.3 Å². The van der Waals surface area contributed by atoms with Gasteiger partial charge < -0.3 is 5.32 Å². The zero-order valence-corrected chi connectivity index (χ0v) is 14.5. The summed E-state index contributed by atoms with van der Waals surface area (Å²) in [6, 6.07) is 6.38. The van der Waals surface area contributed by atoms with Crippen molar-refractivity contribution in [1.82, 2.24) is 5.32 Å². The molecule has 0 atom stereocenters. The fourth-order valence-corrected chi connectivity index (χ4v) is 2.49. The molecule has 0 unspecified atom stereocenters. The Bertz CT molecular complexity index is 541. The lowest BCUT2D eigenvalue weighted by Gasteiger charge is -2.03. The fraction of sp³-hybridized carbons (Fsp3) is 0.526. The number of nitrogens with one attached hydrogen (secondary N) is 1. The summed E-state index contributed by atoms with van der Waals surface area (Å²) >= 11 is 0. The molecule has 0 bridgehead atoms. The lowest BCUT2D eigenvalue weighted by atomic mass is 10.1. The van der Waals surface area contributed by atoms with Gasteiger partial charge in [0.15, 0.2) is 0 Å². The molecule has 0 spiro atoms. The number of hydrogen-bond donors (Lipinski definition) is 1. The first-order valence-electron chi connectivity index (χ1n) is 8.84. The minimum absolute atomic E-state index is 0.00428. The van der Waals surface area contributed by atoms with E-state index in [2.05, 4.69) is 12.2 Å². The van der Waals surface area contributed by atoms with E-state index in [4.69, 9.17) is 0 Å². The van der Waals surface area contributed by atoms with Gasteiger partial charge in [0.25, 0.3) is 5.69 Å². The molecular weight excluding hydrogens is 304 g/mol. The van der Waals surface area contributed by atoms with Crippen LogP contribution in [-0.2, 0) is 4.79 Å². The van der Waals surface area contributed by atoms with Gasteiger partial charge in [-0.2, -0.15) is 0 Å². The van der Waals surface area contributed by atoms with Crippen LogP contribution in [0.4, 0.5) is 5.69 Å². The predicted octanol–water partition coefficient (Wildman–Crippen LogP) is 4.86. The Morgan fingerprint density at radius 1 is 1.08 bits per heavy atom. The normalized spacial score (nSPS) is 10.9. The highest BCUT2D eigenvalue weighted by atomic mass is 16.6. The first-order chi connectivity index (χ1) is 11.6. The molecule has 5 nitrogen and oxygen atoms in total. The second-order valence-corrected chi connectivity index (χ2v) is 5.92. The second-order valence-electron chi connectivity index (χ2n) is 5.92. The molecule has 0 aliphatic rings. The lowest BCUT2D eigenvalue weighted by Crippen LogP contribution is -2.21. The van der Waals surface area contributed by atoms with Crippen molar-refractivity contribution in [2.75, 3.05) is 6.54 Å². The minimum atomic E-state index is -0.446. The van der Waals surface area contributed by atoms with Gasteiger partial charge in [0.05, 0.1) is 10.5 Å². The van der Waals surface area contributed by atoms with Crippen molar-refractivity contribution in [3.05, 3.63) is 46.0 Å². The third-order valence-electron chi connectivity index (χ3n) is 3.88. The standard InChI is InChI=1S/C19H28N2O3/c1-2-3-4-5-6-7-8-11-16-20-19(22)15-14-17-12-9-10-13-18(17)21(23)24/h9-10,12-15H,2-8,11,16H2,1H3,(H,20,22)/b15-14+. The van der Waals surface area contributed by atoms with Gasteiger partial charge in [-0.3, -0.25) is 14.9 Å². The summed E-state index contributed by atoms with van der Waals surface area (Å²) in [5.74, 6) is -0.212. The number of hydrogen-bond acceptors (Lipinski definition) is 3. The summed E-state index contributed by atoms with van der Waals surface area (Å²) in [6.07, 6.45) is 12.6. The second kappa shape index (κ2) is 12.3. The molecular formula is C19H28N2O3. The van der Waals surface area contributed by atoms with Crippen molar-refractivity contribution in [2.24, 2.45) is 0 Å². The molecule has 0 fully saturated rings. The highest BCUT2D eigenvalue weighted by Gasteiger charge is 2.09. The van der Waals surface area contributed by atoms with Gasteiger partial charge in [-0.15, -0.1) is 0 Å². The Labute approximate surface area is 144 Å². The van der Waals surface area contributed by atoms with Crippen LogP contribution < -0.4 is 5.32 Å². The molecule has 1 rings (SSSR count). The molecule has 0 saturated heterocycles. The van der Waals surface area contributed by atoms with Gasteiger partial charge in [-0.1, -0.05) is 64.0 Å². The summed E-state index contributed by atoms with van der Waals surface area (Å²) in [4.78, 5) is 22.2. The number of rotatable bonds is 12. The number of nitro benzene ring substituents is 1. The van der Waals surface area contributed by atoms with E-state index in [0.29, 0.717) is 12.1 Å². The Morgan fingerprint density at radius 3 is 2.38 bits per heavy atom. The summed E-state index contributed by atoms with van der Waals surface area (Å²) < 4.78 is 0. The van der Waals surface area contributed by atoms with Crippen LogP contribution in [0.3, 0.4) is 0 Å². The highest BCUT2D eigenvalue weighted by Crippen LogP contribution is 2.18. The molecule has 5 heteroatoms. The largest absolute Gasteiger partial charge is 0.353 e. The number of nitro groups is 1. The lowest BCUT2D eigenvalue weighted by molar-refractivity contribution is -0.385. The molecule has 24 heavy (non-hydrogen) atoms. The van der Waals surface area contributed by atoms with E-state index in [9.17, 15) is 14.9 Å². The average Bonchev–Trinajstić information content (AvgIpc) is 2.58. The van der Waals surface area contributed by atoms with E-state index in [1.807, 2.05) is 0 Å². The molecule has 0 radical (unpaired) electrons. The van der Waals surface area contributed by atoms with Crippen LogP contribution in [0.1, 0.15) is 63.9 Å². The number of para-hydroxylation sites is 1. The van der Waals surface area contributed by atoms with Gasteiger partial charge in [0, 0.05) is 18.7 Å². The number of carbonyl (C=O) groups is 1. The average molecular weight is 332 g/mol. The first-order valence-corrected chi connectivity index (χ1v) is 8.84. The van der Waals surface area contributed by atoms with Crippen molar-refractivity contribution in [3.63, 3.8) is 0 Å². The van der Waals surface area contributed by atoms with Crippen LogP contribution in [0.15, 0.2) is 30.3 Å². The maximum atomic E-state index is 11.7. The third kappa shape index (κ3) is 8.46. The molecule has 1 amide bonds. The zero-order valence-electron chi connectivity index (χ0n) is 14.5. The maximum absolute atomic E-state index is 11.7. The van der Waals surface area contributed by atoms with Gasteiger partial charge >= 0.3 is 0 Å². The quantitative estimate of drug-likeness (QED) is 0.257. The van der Waals surface area contributed by atoms with E-state index in [0.717, 1.165) is 12.8 Å². The number of amides is 1. The number of unbranched alkanes of at least 4 members (excludes halogenated alkanes) is 7. The van der Waals surface area contributed by atoms with Crippen LogP contribution in [0, 0.1) is 10.1 Å². The maximum Gasteiger partial charge on any atom is 0.276 e.